The summed E-state index contributed by atoms with van der Waals surface area (Å²) in [6.45, 7) is 0.905. The number of nitrogens with one attached hydrogen (secondary N) is 1. The number of likely N-dealkylation sites (tertiary alicyclic amines) is 1. The van der Waals surface area contributed by atoms with E-state index in [1.165, 1.54) is 41.3 Å². The number of benzene rings is 2. The zero-order chi connectivity index (χ0) is 22.6. The van der Waals surface area contributed by atoms with E-state index in [9.17, 15) is 26.7 Å². The number of carbonyl (C=O) groups excluding carboxylic acids is 1. The minimum Gasteiger partial charge on any atom is -0.334 e. The number of carbonyl (C=O) groups is 1. The third-order valence-corrected chi connectivity index (χ3v) is 5.36. The molecule has 31 heavy (non-hydrogen) atoms. The highest BCUT2D eigenvalue weighted by atomic mass is 19.4. The normalized spacial score (nSPS) is 19.8. The van der Waals surface area contributed by atoms with Crippen LogP contribution in [0.2, 0.25) is 0 Å². The van der Waals surface area contributed by atoms with E-state index in [2.05, 4.69) is 5.32 Å². The van der Waals surface area contributed by atoms with Gasteiger partial charge in [-0.1, -0.05) is 24.3 Å². The van der Waals surface area contributed by atoms with Gasteiger partial charge in [-0.2, -0.15) is 13.2 Å². The zero-order valence-electron chi connectivity index (χ0n) is 17.0. The van der Waals surface area contributed by atoms with Gasteiger partial charge in [0.15, 0.2) is 0 Å². The molecule has 168 valence electrons. The first-order valence-corrected chi connectivity index (χ1v) is 9.91. The van der Waals surface area contributed by atoms with Gasteiger partial charge in [-0.3, -0.25) is 0 Å². The zero-order valence-corrected chi connectivity index (χ0v) is 17.0. The minimum absolute atomic E-state index is 0.000460. The summed E-state index contributed by atoms with van der Waals surface area (Å²) in [5, 5.41) is 2.67. The molecule has 0 bridgehead atoms. The van der Waals surface area contributed by atoms with Crippen LogP contribution in [0.1, 0.15) is 23.1 Å². The smallest absolute Gasteiger partial charge is 0.334 e. The monoisotopic (exact) mass is 441 g/mol. The van der Waals surface area contributed by atoms with Gasteiger partial charge in [-0.05, 0) is 48.9 Å². The number of hydrogen-bond donors (Lipinski definition) is 1. The van der Waals surface area contributed by atoms with Crippen LogP contribution in [0, 0.1) is 5.82 Å². The molecule has 2 amide bonds. The molecule has 1 aliphatic heterocycles. The molecule has 4 nitrogen and oxygen atoms in total. The van der Waals surface area contributed by atoms with Crippen molar-refractivity contribution >= 4 is 6.03 Å². The number of piperidine rings is 1. The molecule has 0 radical (unpaired) electrons. The van der Waals surface area contributed by atoms with Crippen LogP contribution in [0.25, 0.3) is 0 Å². The molecular formula is C22H24F5N3O. The average molecular weight is 441 g/mol. The van der Waals surface area contributed by atoms with Crippen molar-refractivity contribution in [2.45, 2.75) is 37.9 Å². The SMILES string of the molecule is CN1CC[C@H](N(Cc2ccc(F)cc2)C(=O)NCc2ccc(C(F)(F)F)cc2)[C@H](F)C1. The predicted octanol–water partition coefficient (Wildman–Crippen LogP) is 4.60. The number of halogens is 5. The lowest BCUT2D eigenvalue weighted by molar-refractivity contribution is -0.137. The van der Waals surface area contributed by atoms with Crippen LogP contribution < -0.4 is 5.32 Å². The summed E-state index contributed by atoms with van der Waals surface area (Å²) in [6.07, 6.45) is -5.25. The van der Waals surface area contributed by atoms with Crippen molar-refractivity contribution in [3.8, 4) is 0 Å². The number of urea groups is 1. The second-order valence-corrected chi connectivity index (χ2v) is 7.74. The Morgan fingerprint density at radius 3 is 2.29 bits per heavy atom. The summed E-state index contributed by atoms with van der Waals surface area (Å²) < 4.78 is 66.1. The van der Waals surface area contributed by atoms with Gasteiger partial charge in [0.25, 0.3) is 0 Å². The van der Waals surface area contributed by atoms with Crippen molar-refractivity contribution < 1.29 is 26.7 Å². The molecule has 9 heteroatoms. The molecule has 3 rings (SSSR count). The van der Waals surface area contributed by atoms with Gasteiger partial charge < -0.3 is 15.1 Å². The first-order chi connectivity index (χ1) is 14.6. The first kappa shape index (κ1) is 23.0. The van der Waals surface area contributed by atoms with Gasteiger partial charge in [0.1, 0.15) is 12.0 Å². The van der Waals surface area contributed by atoms with E-state index in [1.54, 1.807) is 7.05 Å². The molecule has 1 heterocycles. The van der Waals surface area contributed by atoms with Crippen molar-refractivity contribution in [2.24, 2.45) is 0 Å². The molecule has 0 aliphatic carbocycles. The average Bonchev–Trinajstić information content (AvgIpc) is 2.72. The molecule has 2 aromatic carbocycles. The van der Waals surface area contributed by atoms with E-state index in [-0.39, 0.29) is 19.6 Å². The lowest BCUT2D eigenvalue weighted by atomic mass is 10.0. The molecular weight excluding hydrogens is 417 g/mol. The maximum Gasteiger partial charge on any atom is 0.416 e. The third-order valence-electron chi connectivity index (χ3n) is 5.36. The van der Waals surface area contributed by atoms with Crippen molar-refractivity contribution in [3.05, 3.63) is 71.0 Å². The van der Waals surface area contributed by atoms with Crippen LogP contribution in [0.15, 0.2) is 48.5 Å². The molecule has 1 saturated heterocycles. The number of rotatable bonds is 5. The quantitative estimate of drug-likeness (QED) is 0.689. The Bertz CT molecular complexity index is 870. The minimum atomic E-state index is -4.43. The van der Waals surface area contributed by atoms with Crippen LogP contribution in [0.5, 0.6) is 0 Å². The molecule has 0 saturated carbocycles. The van der Waals surface area contributed by atoms with Gasteiger partial charge in [-0.15, -0.1) is 0 Å². The van der Waals surface area contributed by atoms with Crippen molar-refractivity contribution in [1.29, 1.82) is 0 Å². The summed E-state index contributed by atoms with van der Waals surface area (Å²) in [5.41, 5.74) is 0.368. The second kappa shape index (κ2) is 9.64. The summed E-state index contributed by atoms with van der Waals surface area (Å²) >= 11 is 0. The predicted molar refractivity (Wildman–Crippen MR) is 106 cm³/mol. The Balaban J connectivity index is 1.71. The van der Waals surface area contributed by atoms with Gasteiger partial charge >= 0.3 is 12.2 Å². The molecule has 0 aromatic heterocycles. The lowest BCUT2D eigenvalue weighted by Gasteiger charge is -2.39. The molecule has 2 aromatic rings. The maximum atomic E-state index is 14.8. The Labute approximate surface area is 177 Å². The number of hydrogen-bond acceptors (Lipinski definition) is 2. The summed E-state index contributed by atoms with van der Waals surface area (Å²) in [6, 6.07) is 8.92. The molecule has 1 aliphatic rings. The van der Waals surface area contributed by atoms with E-state index in [4.69, 9.17) is 0 Å². The highest BCUT2D eigenvalue weighted by molar-refractivity contribution is 5.74. The summed E-state index contributed by atoms with van der Waals surface area (Å²) in [7, 11) is 1.80. The molecule has 0 spiro atoms. The van der Waals surface area contributed by atoms with Crippen LogP contribution in [-0.2, 0) is 19.3 Å². The fourth-order valence-corrected chi connectivity index (χ4v) is 3.61. The molecule has 1 N–H and O–H groups in total. The summed E-state index contributed by atoms with van der Waals surface area (Å²) in [5.74, 6) is -0.412. The largest absolute Gasteiger partial charge is 0.416 e. The Kier molecular flexibility index (Phi) is 7.15. The topological polar surface area (TPSA) is 35.6 Å². The standard InChI is InChI=1S/C22H24F5N3O/c1-29-11-10-20(19(24)14-29)30(13-16-4-8-18(23)9-5-16)21(31)28-12-15-2-6-17(7-3-15)22(25,26)27/h2-9,19-20H,10-14H2,1H3,(H,28,31)/t19-,20+/m1/s1. The third kappa shape index (κ3) is 6.16. The first-order valence-electron chi connectivity index (χ1n) is 9.91. The fourth-order valence-electron chi connectivity index (χ4n) is 3.61. The van der Waals surface area contributed by atoms with E-state index in [0.29, 0.717) is 24.1 Å². The van der Waals surface area contributed by atoms with Crippen LogP contribution in [-0.4, -0.2) is 48.2 Å². The van der Waals surface area contributed by atoms with E-state index < -0.39 is 35.8 Å². The van der Waals surface area contributed by atoms with Gasteiger partial charge in [-0.25, -0.2) is 13.6 Å². The highest BCUT2D eigenvalue weighted by Gasteiger charge is 2.35. The van der Waals surface area contributed by atoms with Gasteiger partial charge in [0, 0.05) is 26.2 Å². The van der Waals surface area contributed by atoms with Gasteiger partial charge in [0.05, 0.1) is 11.6 Å². The number of amides is 2. The second-order valence-electron chi connectivity index (χ2n) is 7.74. The molecule has 1 fully saturated rings. The van der Waals surface area contributed by atoms with Crippen molar-refractivity contribution in [3.63, 3.8) is 0 Å². The molecule has 2 atom stereocenters. The Morgan fingerprint density at radius 2 is 1.71 bits per heavy atom. The van der Waals surface area contributed by atoms with Crippen molar-refractivity contribution in [2.75, 3.05) is 20.1 Å². The summed E-state index contributed by atoms with van der Waals surface area (Å²) in [4.78, 5) is 16.1. The molecule has 0 unspecified atom stereocenters. The van der Waals surface area contributed by atoms with E-state index >= 15 is 0 Å². The maximum absolute atomic E-state index is 14.8. The number of alkyl halides is 4. The Hall–Kier alpha value is -2.68. The lowest BCUT2D eigenvalue weighted by Crippen LogP contribution is -2.55. The van der Waals surface area contributed by atoms with Gasteiger partial charge in [0.2, 0.25) is 0 Å². The fraction of sp³-hybridized carbons (Fsp3) is 0.409. The van der Waals surface area contributed by atoms with E-state index in [0.717, 1.165) is 12.1 Å². The van der Waals surface area contributed by atoms with Crippen molar-refractivity contribution in [1.82, 2.24) is 15.1 Å². The van der Waals surface area contributed by atoms with Crippen LogP contribution in [0.3, 0.4) is 0 Å². The van der Waals surface area contributed by atoms with Crippen LogP contribution >= 0.6 is 0 Å². The highest BCUT2D eigenvalue weighted by Crippen LogP contribution is 2.29. The van der Waals surface area contributed by atoms with E-state index in [1.807, 2.05) is 4.90 Å². The number of nitrogens with zero attached hydrogens (tertiary/aromatic N) is 2. The van der Waals surface area contributed by atoms with Crippen LogP contribution in [0.4, 0.5) is 26.7 Å². The Morgan fingerprint density at radius 1 is 1.10 bits per heavy atom.